The number of rotatable bonds is 7. The van der Waals surface area contributed by atoms with Crippen LogP contribution in [0.5, 0.6) is 0 Å². The summed E-state index contributed by atoms with van der Waals surface area (Å²) in [7, 11) is 0. The molecule has 2 aromatic carbocycles. The van der Waals surface area contributed by atoms with Crippen LogP contribution < -0.4 is 10.6 Å². The van der Waals surface area contributed by atoms with Crippen molar-refractivity contribution in [1.29, 1.82) is 0 Å². The second-order valence-corrected chi connectivity index (χ2v) is 8.70. The largest absolute Gasteiger partial charge is 0.352 e. The van der Waals surface area contributed by atoms with Crippen LogP contribution in [0, 0.1) is 0 Å². The predicted molar refractivity (Wildman–Crippen MR) is 120 cm³/mol. The Kier molecular flexibility index (Phi) is 6.77. The van der Waals surface area contributed by atoms with E-state index in [1.54, 1.807) is 24.3 Å². The molecule has 2 amide bonds. The van der Waals surface area contributed by atoms with Gasteiger partial charge in [-0.2, -0.15) is 0 Å². The summed E-state index contributed by atoms with van der Waals surface area (Å²) < 4.78 is 1.96. The van der Waals surface area contributed by atoms with Gasteiger partial charge in [-0.15, -0.1) is 0 Å². The zero-order valence-electron chi connectivity index (χ0n) is 17.5. The number of aromatic nitrogens is 2. The highest BCUT2D eigenvalue weighted by molar-refractivity contribution is 6.30. The van der Waals surface area contributed by atoms with Crippen LogP contribution in [-0.2, 0) is 17.8 Å². The third-order valence-electron chi connectivity index (χ3n) is 4.52. The summed E-state index contributed by atoms with van der Waals surface area (Å²) in [4.78, 5) is 29.4. The number of halogens is 1. The van der Waals surface area contributed by atoms with Crippen molar-refractivity contribution in [2.45, 2.75) is 45.7 Å². The summed E-state index contributed by atoms with van der Waals surface area (Å²) in [5, 5.41) is 6.51. The van der Waals surface area contributed by atoms with Crippen LogP contribution in [0.3, 0.4) is 0 Å². The first-order valence-electron chi connectivity index (χ1n) is 10.0. The second kappa shape index (κ2) is 9.30. The van der Waals surface area contributed by atoms with Crippen LogP contribution in [0.25, 0.3) is 11.0 Å². The van der Waals surface area contributed by atoms with Gasteiger partial charge in [0.2, 0.25) is 5.91 Å². The first-order valence-corrected chi connectivity index (χ1v) is 10.4. The van der Waals surface area contributed by atoms with Crippen molar-refractivity contribution in [3.63, 3.8) is 0 Å². The summed E-state index contributed by atoms with van der Waals surface area (Å²) in [6, 6.07) is 14.6. The molecule has 30 heavy (non-hydrogen) atoms. The third kappa shape index (κ3) is 5.83. The van der Waals surface area contributed by atoms with Gasteiger partial charge in [-0.05, 0) is 63.6 Å². The fraction of sp³-hybridized carbons (Fsp3) is 0.348. The van der Waals surface area contributed by atoms with Gasteiger partial charge in [0, 0.05) is 29.1 Å². The number of nitrogens with zero attached hydrogens (tertiary/aromatic N) is 2. The number of imidazole rings is 1. The van der Waals surface area contributed by atoms with E-state index in [9.17, 15) is 9.59 Å². The Hall–Kier alpha value is -2.86. The van der Waals surface area contributed by atoms with E-state index < -0.39 is 0 Å². The van der Waals surface area contributed by atoms with Crippen molar-refractivity contribution in [3.05, 3.63) is 64.9 Å². The van der Waals surface area contributed by atoms with Gasteiger partial charge in [0.15, 0.2) is 0 Å². The minimum absolute atomic E-state index is 0.0528. The molecule has 0 saturated heterocycles. The average molecular weight is 427 g/mol. The van der Waals surface area contributed by atoms with Crippen LogP contribution in [0.2, 0.25) is 5.02 Å². The minimum Gasteiger partial charge on any atom is -0.352 e. The van der Waals surface area contributed by atoms with Gasteiger partial charge in [0.1, 0.15) is 12.4 Å². The molecule has 1 heterocycles. The highest BCUT2D eigenvalue weighted by Crippen LogP contribution is 2.17. The van der Waals surface area contributed by atoms with Gasteiger partial charge >= 0.3 is 0 Å². The molecule has 1 aromatic heterocycles. The zero-order chi connectivity index (χ0) is 21.7. The highest BCUT2D eigenvalue weighted by Gasteiger charge is 2.17. The van der Waals surface area contributed by atoms with Crippen molar-refractivity contribution < 1.29 is 9.59 Å². The Morgan fingerprint density at radius 3 is 2.47 bits per heavy atom. The molecule has 6 nitrogen and oxygen atoms in total. The normalized spacial score (nSPS) is 11.5. The van der Waals surface area contributed by atoms with Gasteiger partial charge in [0.05, 0.1) is 11.0 Å². The number of para-hydroxylation sites is 2. The Balaban J connectivity index is 1.64. The number of carbonyl (C=O) groups is 2. The lowest BCUT2D eigenvalue weighted by Crippen LogP contribution is -2.42. The quantitative estimate of drug-likeness (QED) is 0.561. The van der Waals surface area contributed by atoms with Crippen molar-refractivity contribution in [1.82, 2.24) is 20.2 Å². The van der Waals surface area contributed by atoms with Gasteiger partial charge in [-0.3, -0.25) is 9.59 Å². The lowest BCUT2D eigenvalue weighted by molar-refractivity contribution is -0.123. The maximum atomic E-state index is 12.5. The van der Waals surface area contributed by atoms with E-state index in [1.807, 2.05) is 49.6 Å². The fourth-order valence-corrected chi connectivity index (χ4v) is 3.37. The molecule has 0 aliphatic carbocycles. The molecule has 0 fully saturated rings. The summed E-state index contributed by atoms with van der Waals surface area (Å²) in [5.74, 6) is 0.647. The number of carbonyl (C=O) groups excluding carboxylic acids is 2. The molecular weight excluding hydrogens is 400 g/mol. The molecule has 2 N–H and O–H groups in total. The van der Waals surface area contributed by atoms with E-state index in [0.717, 1.165) is 16.9 Å². The molecule has 0 atom stereocenters. The number of fused-ring (bicyclic) bond motifs is 1. The van der Waals surface area contributed by atoms with Crippen LogP contribution in [0.15, 0.2) is 48.5 Å². The van der Waals surface area contributed by atoms with E-state index in [-0.39, 0.29) is 23.9 Å². The number of benzene rings is 2. The summed E-state index contributed by atoms with van der Waals surface area (Å²) >= 11 is 5.86. The molecule has 0 spiro atoms. The van der Waals surface area contributed by atoms with E-state index >= 15 is 0 Å². The fourth-order valence-electron chi connectivity index (χ4n) is 3.25. The van der Waals surface area contributed by atoms with Gasteiger partial charge in [0.25, 0.3) is 5.91 Å². The molecule has 0 unspecified atom stereocenters. The molecule has 158 valence electrons. The number of hydrogen-bond donors (Lipinski definition) is 2. The maximum absolute atomic E-state index is 12.5. The molecular formula is C23H27ClN4O2. The van der Waals surface area contributed by atoms with Crippen LogP contribution in [0.1, 0.15) is 43.4 Å². The van der Waals surface area contributed by atoms with E-state index in [1.165, 1.54) is 0 Å². The molecule has 0 aliphatic heterocycles. The van der Waals surface area contributed by atoms with Crippen molar-refractivity contribution in [2.75, 3.05) is 6.54 Å². The highest BCUT2D eigenvalue weighted by atomic mass is 35.5. The first kappa shape index (κ1) is 21.8. The van der Waals surface area contributed by atoms with E-state index in [2.05, 4.69) is 10.6 Å². The number of nitrogens with one attached hydrogen (secondary N) is 2. The number of hydrogen-bond acceptors (Lipinski definition) is 3. The number of amides is 2. The molecule has 0 radical (unpaired) electrons. The summed E-state index contributed by atoms with van der Waals surface area (Å²) in [5.41, 5.74) is 2.08. The van der Waals surface area contributed by atoms with E-state index in [0.29, 0.717) is 30.0 Å². The first-order chi connectivity index (χ1) is 14.2. The van der Waals surface area contributed by atoms with Crippen molar-refractivity contribution in [3.8, 4) is 0 Å². The molecule has 7 heteroatoms. The molecule has 3 aromatic rings. The monoisotopic (exact) mass is 426 g/mol. The van der Waals surface area contributed by atoms with Gasteiger partial charge < -0.3 is 15.2 Å². The third-order valence-corrected chi connectivity index (χ3v) is 4.77. The van der Waals surface area contributed by atoms with E-state index in [4.69, 9.17) is 16.6 Å². The summed E-state index contributed by atoms with van der Waals surface area (Å²) in [6.45, 7) is 6.60. The zero-order valence-corrected chi connectivity index (χ0v) is 18.3. The van der Waals surface area contributed by atoms with Crippen LogP contribution in [0.4, 0.5) is 0 Å². The number of aryl methyl sites for hydroxylation is 1. The topological polar surface area (TPSA) is 76.0 Å². The lowest BCUT2D eigenvalue weighted by Gasteiger charge is -2.21. The maximum Gasteiger partial charge on any atom is 0.251 e. The standard InChI is InChI=1S/C23H27ClN4O2/c1-23(2,3)27-21(29)15-28-19-8-5-4-7-18(19)26-20(28)9-6-14-25-22(30)16-10-12-17(24)13-11-16/h4-5,7-8,10-13H,6,9,14-15H2,1-3H3,(H,25,30)(H,27,29). The van der Waals surface area contributed by atoms with Crippen molar-refractivity contribution >= 4 is 34.4 Å². The van der Waals surface area contributed by atoms with Gasteiger partial charge in [-0.25, -0.2) is 4.98 Å². The smallest absolute Gasteiger partial charge is 0.251 e. The molecule has 0 aliphatic rings. The Bertz CT molecular complexity index is 1040. The van der Waals surface area contributed by atoms with Crippen molar-refractivity contribution in [2.24, 2.45) is 0 Å². The minimum atomic E-state index is -0.292. The molecule has 0 bridgehead atoms. The lowest BCUT2D eigenvalue weighted by atomic mass is 10.1. The Morgan fingerprint density at radius 2 is 1.77 bits per heavy atom. The predicted octanol–water partition coefficient (Wildman–Crippen LogP) is 3.97. The molecule has 0 saturated carbocycles. The Labute approximate surface area is 181 Å². The SMILES string of the molecule is CC(C)(C)NC(=O)Cn1c(CCCNC(=O)c2ccc(Cl)cc2)nc2ccccc21. The van der Waals surface area contributed by atoms with Gasteiger partial charge in [-0.1, -0.05) is 23.7 Å². The van der Waals surface area contributed by atoms with Crippen LogP contribution >= 0.6 is 11.6 Å². The second-order valence-electron chi connectivity index (χ2n) is 8.27. The summed E-state index contributed by atoms with van der Waals surface area (Å²) in [6.07, 6.45) is 1.36. The molecule has 3 rings (SSSR count). The average Bonchev–Trinajstić information content (AvgIpc) is 3.01. The van der Waals surface area contributed by atoms with Crippen LogP contribution in [-0.4, -0.2) is 33.4 Å². The Morgan fingerprint density at radius 1 is 1.07 bits per heavy atom.